The van der Waals surface area contributed by atoms with Crippen molar-refractivity contribution < 1.29 is 44.3 Å². The molecule has 0 aromatic carbocycles. The van der Waals surface area contributed by atoms with E-state index >= 15 is 0 Å². The van der Waals surface area contributed by atoms with Crippen LogP contribution in [0, 0.1) is 11.3 Å². The van der Waals surface area contributed by atoms with Gasteiger partial charge in [0.15, 0.2) is 11.5 Å². The highest BCUT2D eigenvalue weighted by Crippen LogP contribution is 2.59. The zero-order valence-corrected chi connectivity index (χ0v) is 27.0. The maximum absolute atomic E-state index is 13.5. The van der Waals surface area contributed by atoms with Crippen LogP contribution in [0.2, 0.25) is 0 Å². The number of rotatable bonds is 9. The molecule has 1 amide bonds. The molecule has 1 aliphatic heterocycles. The van der Waals surface area contributed by atoms with Crippen LogP contribution in [-0.2, 0) is 23.2 Å². The number of carbonyl (C=O) groups excluding carboxylic acids is 1. The number of aryl methyl sites for hydroxylation is 1. The van der Waals surface area contributed by atoms with Crippen LogP contribution in [0.1, 0.15) is 62.5 Å². The van der Waals surface area contributed by atoms with E-state index in [0.717, 1.165) is 7.05 Å². The highest BCUT2D eigenvalue weighted by Gasteiger charge is 2.62. The van der Waals surface area contributed by atoms with Crippen molar-refractivity contribution in [3.63, 3.8) is 0 Å². The summed E-state index contributed by atoms with van der Waals surface area (Å²) in [5.74, 6) is -0.757. The van der Waals surface area contributed by atoms with Gasteiger partial charge in [-0.2, -0.15) is 44.9 Å². The Morgan fingerprint density at radius 2 is 1.78 bits per heavy atom. The largest absolute Gasteiger partial charge is 0.477 e. The average molecular weight is 698 g/mol. The summed E-state index contributed by atoms with van der Waals surface area (Å²) in [5.41, 5.74) is -4.15. The average Bonchev–Trinajstić information content (AvgIpc) is 3.23. The molecule has 2 aliphatic rings. The lowest BCUT2D eigenvalue weighted by molar-refractivity contribution is -0.190. The first-order chi connectivity index (χ1) is 20.7. The van der Waals surface area contributed by atoms with Crippen LogP contribution in [0.5, 0.6) is 5.88 Å². The quantitative estimate of drug-likeness (QED) is 0.311. The second kappa shape index (κ2) is 12.0. The molecule has 254 valence electrons. The van der Waals surface area contributed by atoms with Crippen LogP contribution in [0.3, 0.4) is 0 Å². The minimum atomic E-state index is -5.09. The molecule has 4 heterocycles. The van der Waals surface area contributed by atoms with Crippen molar-refractivity contribution in [1.82, 2.24) is 29.3 Å². The summed E-state index contributed by atoms with van der Waals surface area (Å²) < 4.78 is 115. The molecule has 0 spiro atoms. The summed E-state index contributed by atoms with van der Waals surface area (Å²) >= 11 is 0. The molecule has 3 aromatic rings. The van der Waals surface area contributed by atoms with Crippen molar-refractivity contribution in [2.75, 3.05) is 18.1 Å². The van der Waals surface area contributed by atoms with Crippen molar-refractivity contribution in [1.29, 1.82) is 0 Å². The van der Waals surface area contributed by atoms with Gasteiger partial charge in [-0.25, -0.2) is 22.8 Å². The molecule has 19 heteroatoms. The molecular formula is C27H33F6N7O4S2. The second-order valence-corrected chi connectivity index (χ2v) is 13.8. The first-order valence-electron chi connectivity index (χ1n) is 13.9. The van der Waals surface area contributed by atoms with E-state index in [2.05, 4.69) is 15.2 Å². The van der Waals surface area contributed by atoms with Crippen LogP contribution in [0.15, 0.2) is 35.5 Å². The predicted molar refractivity (Wildman–Crippen MR) is 158 cm³/mol. The lowest BCUT2D eigenvalue weighted by Gasteiger charge is -2.34. The van der Waals surface area contributed by atoms with Crippen LogP contribution < -0.4 is 14.4 Å². The van der Waals surface area contributed by atoms with Gasteiger partial charge in [0, 0.05) is 37.6 Å². The number of alkyl halides is 6. The van der Waals surface area contributed by atoms with Crippen LogP contribution in [0.4, 0.5) is 32.2 Å². The monoisotopic (exact) mass is 697 g/mol. The Labute approximate surface area is 267 Å². The van der Waals surface area contributed by atoms with E-state index in [-0.39, 0.29) is 68.4 Å². The summed E-state index contributed by atoms with van der Waals surface area (Å²) in [6, 6.07) is 4.07. The Balaban J connectivity index is 0.00000480. The number of hydrogen-bond donors (Lipinski definition) is 1. The summed E-state index contributed by atoms with van der Waals surface area (Å²) in [7, 11) is -3.90. The first kappa shape index (κ1) is 35.4. The van der Waals surface area contributed by atoms with Gasteiger partial charge in [-0.3, -0.25) is 9.48 Å². The Morgan fingerprint density at radius 3 is 2.35 bits per heavy atom. The normalized spacial score (nSPS) is 19.1. The fourth-order valence-electron chi connectivity index (χ4n) is 5.69. The lowest BCUT2D eigenvalue weighted by Crippen LogP contribution is -2.41. The van der Waals surface area contributed by atoms with Gasteiger partial charge >= 0.3 is 12.4 Å². The SMILES string of the molecule is C[C@@H]1CN(c2nc(-n3ccc(OCCC4(C(F)(F)F)CC4)n3)ccc2C(=O)NS(=O)(=O)c2cn(C)nc2C(F)(F)F)C(C)(C)C1.S. The molecule has 0 bridgehead atoms. The third kappa shape index (κ3) is 6.94. The Morgan fingerprint density at radius 1 is 1.11 bits per heavy atom. The van der Waals surface area contributed by atoms with E-state index in [9.17, 15) is 39.6 Å². The Hall–Kier alpha value is -3.48. The molecule has 2 fully saturated rings. The van der Waals surface area contributed by atoms with E-state index in [1.165, 1.54) is 29.1 Å². The van der Waals surface area contributed by atoms with Crippen LogP contribution in [0.25, 0.3) is 5.82 Å². The summed E-state index contributed by atoms with van der Waals surface area (Å²) in [6.07, 6.45) is -6.69. The number of aromatic nitrogens is 5. The maximum atomic E-state index is 13.5. The number of nitrogens with one attached hydrogen (secondary N) is 1. The van der Waals surface area contributed by atoms with Gasteiger partial charge in [0.05, 0.1) is 17.6 Å². The molecule has 0 unspecified atom stereocenters. The van der Waals surface area contributed by atoms with E-state index in [0.29, 0.717) is 23.8 Å². The third-order valence-corrected chi connectivity index (χ3v) is 9.43. The number of anilines is 1. The van der Waals surface area contributed by atoms with Crippen LogP contribution >= 0.6 is 13.5 Å². The molecule has 1 saturated heterocycles. The van der Waals surface area contributed by atoms with E-state index < -0.39 is 49.8 Å². The zero-order chi connectivity index (χ0) is 33.2. The number of nitrogens with zero attached hydrogens (tertiary/aromatic N) is 6. The number of hydrogen-bond acceptors (Lipinski definition) is 8. The molecule has 0 radical (unpaired) electrons. The smallest absolute Gasteiger partial charge is 0.436 e. The molecule has 3 aromatic heterocycles. The fraction of sp³-hybridized carbons (Fsp3) is 0.556. The molecule has 11 nitrogen and oxygen atoms in total. The van der Waals surface area contributed by atoms with Crippen molar-refractivity contribution in [3.05, 3.63) is 41.9 Å². The standard InChI is InChI=1S/C27H31F6N7O4S.H2S/c1-16-13-24(2,3)39(14-16)22-17(23(41)37-45(42,43)18-15-38(4)36-21(18)26(28,29)30)5-6-19(34-22)40-11-7-20(35-40)44-12-10-25(8-9-25)27(31,32)33;/h5-7,11,15-16H,8-10,12-14H2,1-4H3,(H,37,41);1H2/t16-;/m0./s1. The van der Waals surface area contributed by atoms with Crippen LogP contribution in [-0.4, -0.2) is 63.7 Å². The third-order valence-electron chi connectivity index (χ3n) is 8.10. The fourth-order valence-corrected chi connectivity index (χ4v) is 6.86. The topological polar surface area (TPSA) is 124 Å². The number of sulfonamides is 1. The Bertz CT molecular complexity index is 1720. The highest BCUT2D eigenvalue weighted by atomic mass is 32.2. The summed E-state index contributed by atoms with van der Waals surface area (Å²) in [4.78, 5) is 18.6. The van der Waals surface area contributed by atoms with Crippen molar-refractivity contribution in [3.8, 4) is 11.7 Å². The highest BCUT2D eigenvalue weighted by molar-refractivity contribution is 7.90. The number of amides is 1. The molecule has 1 aliphatic carbocycles. The van der Waals surface area contributed by atoms with Gasteiger partial charge in [-0.05, 0) is 57.6 Å². The minimum absolute atomic E-state index is 0. The van der Waals surface area contributed by atoms with Crippen molar-refractivity contribution >= 4 is 35.2 Å². The summed E-state index contributed by atoms with van der Waals surface area (Å²) in [5, 5.41) is 7.43. The molecule has 1 atom stereocenters. The minimum Gasteiger partial charge on any atom is -0.477 e. The van der Waals surface area contributed by atoms with Gasteiger partial charge in [0.1, 0.15) is 10.7 Å². The van der Waals surface area contributed by atoms with Gasteiger partial charge in [0.2, 0.25) is 5.88 Å². The van der Waals surface area contributed by atoms with Crippen molar-refractivity contribution in [2.24, 2.45) is 18.4 Å². The number of pyridine rings is 1. The molecule has 5 rings (SSSR count). The van der Waals surface area contributed by atoms with E-state index in [1.807, 2.05) is 20.8 Å². The van der Waals surface area contributed by atoms with Gasteiger partial charge in [-0.1, -0.05) is 6.92 Å². The molecule has 1 saturated carbocycles. The number of ether oxygens (including phenoxy) is 1. The zero-order valence-electron chi connectivity index (χ0n) is 25.2. The molecule has 1 N–H and O–H groups in total. The maximum Gasteiger partial charge on any atom is 0.436 e. The number of halogens is 6. The van der Waals surface area contributed by atoms with E-state index in [4.69, 9.17) is 4.74 Å². The molecular weight excluding hydrogens is 664 g/mol. The predicted octanol–water partition coefficient (Wildman–Crippen LogP) is 4.99. The van der Waals surface area contributed by atoms with Gasteiger partial charge in [-0.15, -0.1) is 5.10 Å². The van der Waals surface area contributed by atoms with Gasteiger partial charge < -0.3 is 9.64 Å². The Kier molecular flexibility index (Phi) is 9.19. The number of carbonyl (C=O) groups is 1. The van der Waals surface area contributed by atoms with Gasteiger partial charge in [0.25, 0.3) is 15.9 Å². The summed E-state index contributed by atoms with van der Waals surface area (Å²) in [6.45, 7) is 6.03. The second-order valence-electron chi connectivity index (χ2n) is 12.2. The van der Waals surface area contributed by atoms with E-state index in [1.54, 1.807) is 9.62 Å². The molecule has 46 heavy (non-hydrogen) atoms. The lowest BCUT2D eigenvalue weighted by atomic mass is 9.97. The van der Waals surface area contributed by atoms with Crippen molar-refractivity contribution in [2.45, 2.75) is 69.2 Å². The first-order valence-corrected chi connectivity index (χ1v) is 15.4.